The average Bonchev–Trinajstić information content (AvgIpc) is 2.74. The maximum absolute atomic E-state index is 12.4. The smallest absolute Gasteiger partial charge is 0.234 e. The molecule has 0 spiro atoms. The lowest BCUT2D eigenvalue weighted by atomic mass is 10.2. The molecule has 0 radical (unpaired) electrons. The second kappa shape index (κ2) is 12.2. The van der Waals surface area contributed by atoms with Gasteiger partial charge in [0.1, 0.15) is 12.4 Å². The summed E-state index contributed by atoms with van der Waals surface area (Å²) < 4.78 is 11.6. The van der Waals surface area contributed by atoms with Gasteiger partial charge in [-0.1, -0.05) is 32.0 Å². The van der Waals surface area contributed by atoms with Crippen LogP contribution in [0.25, 0.3) is 0 Å². The third-order valence-corrected chi connectivity index (χ3v) is 5.62. The van der Waals surface area contributed by atoms with Crippen LogP contribution in [0.5, 0.6) is 5.75 Å². The Bertz CT molecular complexity index is 620. The van der Waals surface area contributed by atoms with Gasteiger partial charge >= 0.3 is 0 Å². The summed E-state index contributed by atoms with van der Waals surface area (Å²) in [7, 11) is 0. The summed E-state index contributed by atoms with van der Waals surface area (Å²) in [5.74, 6) is 1.67. The first-order valence-electron chi connectivity index (χ1n) is 11.3. The minimum absolute atomic E-state index is 0.0976. The molecular weight excluding hydrogens is 380 g/mol. The number of hydrogen-bond donors (Lipinski definition) is 1. The van der Waals surface area contributed by atoms with Crippen molar-refractivity contribution < 1.29 is 14.3 Å². The first kappa shape index (κ1) is 23.0. The molecule has 1 N–H and O–H groups in total. The summed E-state index contributed by atoms with van der Waals surface area (Å²) >= 11 is 0. The van der Waals surface area contributed by atoms with Crippen molar-refractivity contribution in [3.63, 3.8) is 0 Å². The average molecular weight is 419 g/mol. The van der Waals surface area contributed by atoms with Gasteiger partial charge in [-0.25, -0.2) is 0 Å². The number of carbonyl (C=O) groups is 1. The molecule has 0 bridgehead atoms. The van der Waals surface area contributed by atoms with Crippen LogP contribution in [0.4, 0.5) is 0 Å². The van der Waals surface area contributed by atoms with Gasteiger partial charge in [0.2, 0.25) is 5.91 Å². The summed E-state index contributed by atoms with van der Waals surface area (Å²) in [5, 5.41) is 3.07. The molecule has 2 aliphatic heterocycles. The van der Waals surface area contributed by atoms with Gasteiger partial charge < -0.3 is 14.8 Å². The summed E-state index contributed by atoms with van der Waals surface area (Å²) in [5.41, 5.74) is 0. The molecular formula is C23H38N4O3. The SMILES string of the molecule is CC(C)CN1CCOC(CNC(=O)CN2CCN(CCOc3ccccc3)CC2)C1. The predicted octanol–water partition coefficient (Wildman–Crippen LogP) is 1.16. The van der Waals surface area contributed by atoms with Crippen LogP contribution < -0.4 is 10.1 Å². The van der Waals surface area contributed by atoms with Gasteiger partial charge in [-0.15, -0.1) is 0 Å². The normalized spacial score (nSPS) is 21.6. The van der Waals surface area contributed by atoms with E-state index in [0.717, 1.165) is 64.7 Å². The topological polar surface area (TPSA) is 57.3 Å². The van der Waals surface area contributed by atoms with E-state index >= 15 is 0 Å². The lowest BCUT2D eigenvalue weighted by molar-refractivity contribution is -0.124. The van der Waals surface area contributed by atoms with Crippen molar-refractivity contribution in [3.05, 3.63) is 30.3 Å². The van der Waals surface area contributed by atoms with Crippen molar-refractivity contribution in [3.8, 4) is 5.75 Å². The number of morpholine rings is 1. The quantitative estimate of drug-likeness (QED) is 0.615. The fraction of sp³-hybridized carbons (Fsp3) is 0.696. The third kappa shape index (κ3) is 8.22. The highest BCUT2D eigenvalue weighted by Crippen LogP contribution is 2.09. The molecule has 1 atom stereocenters. The van der Waals surface area contributed by atoms with E-state index in [0.29, 0.717) is 25.6 Å². The molecule has 1 aromatic carbocycles. The Morgan fingerprint density at radius 1 is 1.10 bits per heavy atom. The van der Waals surface area contributed by atoms with Crippen LogP contribution in [-0.2, 0) is 9.53 Å². The molecule has 2 saturated heterocycles. The molecule has 1 aromatic rings. The Kier molecular flexibility index (Phi) is 9.39. The van der Waals surface area contributed by atoms with Gasteiger partial charge in [0.15, 0.2) is 0 Å². The Hall–Kier alpha value is -1.67. The van der Waals surface area contributed by atoms with Crippen molar-refractivity contribution in [1.82, 2.24) is 20.0 Å². The van der Waals surface area contributed by atoms with Crippen LogP contribution in [0.2, 0.25) is 0 Å². The number of rotatable bonds is 10. The Morgan fingerprint density at radius 3 is 2.57 bits per heavy atom. The monoisotopic (exact) mass is 418 g/mol. The zero-order chi connectivity index (χ0) is 21.2. The largest absolute Gasteiger partial charge is 0.492 e. The Labute approximate surface area is 181 Å². The zero-order valence-electron chi connectivity index (χ0n) is 18.6. The van der Waals surface area contributed by atoms with E-state index in [1.165, 1.54) is 0 Å². The second-order valence-corrected chi connectivity index (χ2v) is 8.73. The van der Waals surface area contributed by atoms with Crippen LogP contribution in [0.15, 0.2) is 30.3 Å². The maximum Gasteiger partial charge on any atom is 0.234 e. The first-order valence-corrected chi connectivity index (χ1v) is 11.3. The highest BCUT2D eigenvalue weighted by atomic mass is 16.5. The van der Waals surface area contributed by atoms with Gasteiger partial charge in [0.25, 0.3) is 0 Å². The number of amides is 1. The lowest BCUT2D eigenvalue weighted by Crippen LogP contribution is -2.52. The third-order valence-electron chi connectivity index (χ3n) is 5.62. The number of piperazine rings is 1. The number of hydrogen-bond acceptors (Lipinski definition) is 6. The molecule has 3 rings (SSSR count). The number of nitrogens with zero attached hydrogens (tertiary/aromatic N) is 3. The number of benzene rings is 1. The highest BCUT2D eigenvalue weighted by Gasteiger charge is 2.23. The molecule has 0 saturated carbocycles. The minimum Gasteiger partial charge on any atom is -0.492 e. The van der Waals surface area contributed by atoms with Crippen molar-refractivity contribution in [2.45, 2.75) is 20.0 Å². The molecule has 1 unspecified atom stereocenters. The molecule has 0 aliphatic carbocycles. The molecule has 1 amide bonds. The summed E-state index contributed by atoms with van der Waals surface area (Å²) in [6.07, 6.45) is 0.0999. The van der Waals surface area contributed by atoms with Crippen LogP contribution in [0.1, 0.15) is 13.8 Å². The molecule has 2 fully saturated rings. The van der Waals surface area contributed by atoms with Crippen molar-refractivity contribution in [2.24, 2.45) is 5.92 Å². The molecule has 30 heavy (non-hydrogen) atoms. The molecule has 7 nitrogen and oxygen atoms in total. The Balaban J connectivity index is 1.26. The zero-order valence-corrected chi connectivity index (χ0v) is 18.6. The summed E-state index contributed by atoms with van der Waals surface area (Å²) in [6.45, 7) is 14.7. The predicted molar refractivity (Wildman–Crippen MR) is 119 cm³/mol. The van der Waals surface area contributed by atoms with E-state index < -0.39 is 0 Å². The van der Waals surface area contributed by atoms with E-state index in [2.05, 4.69) is 33.9 Å². The Morgan fingerprint density at radius 2 is 1.83 bits per heavy atom. The standard InChI is InChI=1S/C23H38N4O3/c1-20(2)17-27-13-15-30-22(18-27)16-24-23(28)19-26-10-8-25(9-11-26)12-14-29-21-6-4-3-5-7-21/h3-7,20,22H,8-19H2,1-2H3,(H,24,28). The number of carbonyl (C=O) groups excluding carboxylic acids is 1. The van der Waals surface area contributed by atoms with E-state index in [4.69, 9.17) is 9.47 Å². The van der Waals surface area contributed by atoms with Crippen molar-refractivity contribution in [2.75, 3.05) is 78.7 Å². The fourth-order valence-electron chi connectivity index (χ4n) is 4.05. The van der Waals surface area contributed by atoms with E-state index in [1.54, 1.807) is 0 Å². The summed E-state index contributed by atoms with van der Waals surface area (Å²) in [6, 6.07) is 9.93. The fourth-order valence-corrected chi connectivity index (χ4v) is 4.05. The van der Waals surface area contributed by atoms with Crippen LogP contribution in [0.3, 0.4) is 0 Å². The molecule has 0 aromatic heterocycles. The van der Waals surface area contributed by atoms with E-state index in [9.17, 15) is 4.79 Å². The maximum atomic E-state index is 12.4. The van der Waals surface area contributed by atoms with Gasteiger partial charge in [0, 0.05) is 58.9 Å². The van der Waals surface area contributed by atoms with Crippen LogP contribution in [0, 0.1) is 5.92 Å². The van der Waals surface area contributed by atoms with Crippen LogP contribution >= 0.6 is 0 Å². The molecule has 2 heterocycles. The number of ether oxygens (including phenoxy) is 2. The molecule has 7 heteroatoms. The van der Waals surface area contributed by atoms with Crippen molar-refractivity contribution >= 4 is 5.91 Å². The van der Waals surface area contributed by atoms with Crippen LogP contribution in [-0.4, -0.2) is 105 Å². The van der Waals surface area contributed by atoms with Gasteiger partial charge in [-0.2, -0.15) is 0 Å². The van der Waals surface area contributed by atoms with E-state index in [1.807, 2.05) is 30.3 Å². The van der Waals surface area contributed by atoms with Crippen molar-refractivity contribution in [1.29, 1.82) is 0 Å². The van der Waals surface area contributed by atoms with Gasteiger partial charge in [-0.05, 0) is 18.1 Å². The number of para-hydroxylation sites is 1. The first-order chi connectivity index (χ1) is 14.6. The minimum atomic E-state index is 0.0976. The van der Waals surface area contributed by atoms with Gasteiger partial charge in [-0.3, -0.25) is 19.5 Å². The second-order valence-electron chi connectivity index (χ2n) is 8.73. The van der Waals surface area contributed by atoms with Gasteiger partial charge in [0.05, 0.1) is 19.3 Å². The molecule has 168 valence electrons. The highest BCUT2D eigenvalue weighted by molar-refractivity contribution is 5.78. The van der Waals surface area contributed by atoms with E-state index in [-0.39, 0.29) is 12.0 Å². The number of nitrogens with one attached hydrogen (secondary N) is 1. The lowest BCUT2D eigenvalue weighted by Gasteiger charge is -2.35. The molecule has 2 aliphatic rings. The summed E-state index contributed by atoms with van der Waals surface area (Å²) in [4.78, 5) is 19.4.